The van der Waals surface area contributed by atoms with E-state index in [0.717, 1.165) is 11.6 Å². The van der Waals surface area contributed by atoms with Crippen LogP contribution in [0.4, 0.5) is 11.5 Å². The van der Waals surface area contributed by atoms with E-state index in [-0.39, 0.29) is 16.4 Å². The van der Waals surface area contributed by atoms with Crippen LogP contribution in [0.5, 0.6) is 0 Å². The van der Waals surface area contributed by atoms with Crippen molar-refractivity contribution in [3.63, 3.8) is 0 Å². The van der Waals surface area contributed by atoms with Crippen molar-refractivity contribution < 1.29 is 13.3 Å². The van der Waals surface area contributed by atoms with Gasteiger partial charge in [0.2, 0.25) is 0 Å². The number of nitrogens with zero attached hydrogens (tertiary/aromatic N) is 2. The van der Waals surface area contributed by atoms with Crippen LogP contribution in [0.2, 0.25) is 0 Å². The van der Waals surface area contributed by atoms with Crippen LogP contribution in [0.3, 0.4) is 0 Å². The molecular weight excluding hydrogens is 294 g/mol. The van der Waals surface area contributed by atoms with Crippen molar-refractivity contribution in [1.29, 1.82) is 0 Å². The number of rotatable bonds is 4. The number of hydrogen-bond donors (Lipinski definition) is 1. The summed E-state index contributed by atoms with van der Waals surface area (Å²) in [5.74, 6) is 0.165. The third kappa shape index (κ3) is 3.34. The molecule has 0 amide bonds. The van der Waals surface area contributed by atoms with Gasteiger partial charge in [-0.3, -0.25) is 14.8 Å². The lowest BCUT2D eigenvalue weighted by Crippen LogP contribution is -2.14. The van der Waals surface area contributed by atoms with Crippen molar-refractivity contribution in [3.05, 3.63) is 57.8 Å². The number of benzene rings is 1. The van der Waals surface area contributed by atoms with E-state index >= 15 is 0 Å². The molecule has 1 aromatic carbocycles. The summed E-state index contributed by atoms with van der Waals surface area (Å²) in [6, 6.07) is 7.05. The second-order valence-electron chi connectivity index (χ2n) is 4.53. The summed E-state index contributed by atoms with van der Waals surface area (Å²) in [5.41, 5.74) is 1.00. The molecule has 21 heavy (non-hydrogen) atoms. The van der Waals surface area contributed by atoms with E-state index in [2.05, 4.69) is 9.71 Å². The van der Waals surface area contributed by atoms with Crippen LogP contribution in [-0.2, 0) is 10.0 Å². The fourth-order valence-electron chi connectivity index (χ4n) is 1.74. The van der Waals surface area contributed by atoms with Gasteiger partial charge in [-0.05, 0) is 37.6 Å². The van der Waals surface area contributed by atoms with E-state index in [1.165, 1.54) is 18.3 Å². The fraction of sp³-hybridized carbons (Fsp3) is 0.154. The molecule has 2 rings (SSSR count). The van der Waals surface area contributed by atoms with Crippen LogP contribution in [0, 0.1) is 24.0 Å². The number of aromatic nitrogens is 1. The van der Waals surface area contributed by atoms with Gasteiger partial charge in [0.1, 0.15) is 5.82 Å². The minimum Gasteiger partial charge on any atom is -0.263 e. The Morgan fingerprint density at radius 2 is 1.90 bits per heavy atom. The first-order valence-electron chi connectivity index (χ1n) is 6.00. The van der Waals surface area contributed by atoms with Gasteiger partial charge in [0.25, 0.3) is 15.7 Å². The molecule has 0 saturated heterocycles. The van der Waals surface area contributed by atoms with Gasteiger partial charge in [-0.2, -0.15) is 0 Å². The quantitative estimate of drug-likeness (QED) is 0.690. The largest absolute Gasteiger partial charge is 0.273 e. The van der Waals surface area contributed by atoms with Gasteiger partial charge in [0.15, 0.2) is 0 Å². The van der Waals surface area contributed by atoms with Crippen LogP contribution in [0.1, 0.15) is 11.1 Å². The van der Waals surface area contributed by atoms with Crippen LogP contribution in [0.25, 0.3) is 0 Å². The standard InChI is InChI=1S/C13H13N3O4S/c1-9-5-6-14-13(7-9)15-21(19,20)11-4-3-10(2)12(8-11)16(17)18/h3-8H,1-2H3,(H,14,15). The summed E-state index contributed by atoms with van der Waals surface area (Å²) in [7, 11) is -3.92. The normalized spacial score (nSPS) is 11.1. The lowest BCUT2D eigenvalue weighted by molar-refractivity contribution is -0.385. The summed E-state index contributed by atoms with van der Waals surface area (Å²) in [6.45, 7) is 3.35. The minimum absolute atomic E-state index is 0.165. The summed E-state index contributed by atoms with van der Waals surface area (Å²) in [4.78, 5) is 14.0. The zero-order valence-corrected chi connectivity index (χ0v) is 12.2. The highest BCUT2D eigenvalue weighted by Gasteiger charge is 2.20. The molecule has 0 aliphatic heterocycles. The highest BCUT2D eigenvalue weighted by molar-refractivity contribution is 7.92. The monoisotopic (exact) mass is 307 g/mol. The molecule has 0 radical (unpaired) electrons. The Hall–Kier alpha value is -2.48. The molecule has 0 unspecified atom stereocenters. The Kier molecular flexibility index (Phi) is 3.90. The highest BCUT2D eigenvalue weighted by Crippen LogP contribution is 2.23. The minimum atomic E-state index is -3.92. The molecule has 0 saturated carbocycles. The Morgan fingerprint density at radius 1 is 1.19 bits per heavy atom. The predicted molar refractivity (Wildman–Crippen MR) is 77.6 cm³/mol. The first-order valence-corrected chi connectivity index (χ1v) is 7.48. The maximum Gasteiger partial charge on any atom is 0.273 e. The SMILES string of the molecule is Cc1ccnc(NS(=O)(=O)c2ccc(C)c([N+](=O)[O-])c2)c1. The number of sulfonamides is 1. The molecule has 8 heteroatoms. The third-order valence-corrected chi connectivity index (χ3v) is 4.19. The van der Waals surface area contributed by atoms with Crippen molar-refractivity contribution in [3.8, 4) is 0 Å². The topological polar surface area (TPSA) is 102 Å². The molecule has 0 atom stereocenters. The molecule has 0 bridgehead atoms. The highest BCUT2D eigenvalue weighted by atomic mass is 32.2. The first-order chi connectivity index (χ1) is 9.79. The molecule has 1 aromatic heterocycles. The van der Waals surface area contributed by atoms with Crippen molar-refractivity contribution in [1.82, 2.24) is 4.98 Å². The summed E-state index contributed by atoms with van der Waals surface area (Å²) in [6.07, 6.45) is 1.48. The van der Waals surface area contributed by atoms with E-state index < -0.39 is 14.9 Å². The second-order valence-corrected chi connectivity index (χ2v) is 6.21. The number of nitrogens with one attached hydrogen (secondary N) is 1. The molecule has 1 N–H and O–H groups in total. The first kappa shape index (κ1) is 14.9. The summed E-state index contributed by atoms with van der Waals surface area (Å²) >= 11 is 0. The van der Waals surface area contributed by atoms with Crippen molar-refractivity contribution in [2.24, 2.45) is 0 Å². The average Bonchev–Trinajstić information content (AvgIpc) is 2.38. The van der Waals surface area contributed by atoms with Crippen LogP contribution >= 0.6 is 0 Å². The predicted octanol–water partition coefficient (Wildman–Crippen LogP) is 2.41. The Labute approximate surface area is 121 Å². The van der Waals surface area contributed by atoms with Crippen molar-refractivity contribution in [2.45, 2.75) is 18.7 Å². The smallest absolute Gasteiger partial charge is 0.263 e. The number of hydrogen-bond acceptors (Lipinski definition) is 5. The van der Waals surface area contributed by atoms with Gasteiger partial charge in [-0.25, -0.2) is 13.4 Å². The van der Waals surface area contributed by atoms with Gasteiger partial charge in [-0.1, -0.05) is 6.07 Å². The zero-order chi connectivity index (χ0) is 15.6. The molecule has 7 nitrogen and oxygen atoms in total. The average molecular weight is 307 g/mol. The lowest BCUT2D eigenvalue weighted by Gasteiger charge is -2.08. The van der Waals surface area contributed by atoms with Crippen LogP contribution in [0.15, 0.2) is 41.4 Å². The number of aryl methyl sites for hydroxylation is 2. The Bertz CT molecular complexity index is 803. The van der Waals surface area contributed by atoms with Gasteiger partial charge in [0.05, 0.1) is 9.82 Å². The molecule has 2 aromatic rings. The van der Waals surface area contributed by atoms with Crippen molar-refractivity contribution >= 4 is 21.5 Å². The molecule has 0 aliphatic rings. The lowest BCUT2D eigenvalue weighted by atomic mass is 10.2. The van der Waals surface area contributed by atoms with E-state index in [4.69, 9.17) is 0 Å². The molecule has 1 heterocycles. The van der Waals surface area contributed by atoms with Gasteiger partial charge in [0, 0.05) is 17.8 Å². The summed E-state index contributed by atoms with van der Waals surface area (Å²) < 4.78 is 26.8. The zero-order valence-electron chi connectivity index (χ0n) is 11.4. The Balaban J connectivity index is 2.40. The van der Waals surface area contributed by atoms with E-state index in [1.54, 1.807) is 26.0 Å². The van der Waals surface area contributed by atoms with Crippen molar-refractivity contribution in [2.75, 3.05) is 4.72 Å². The van der Waals surface area contributed by atoms with Crippen LogP contribution in [-0.4, -0.2) is 18.3 Å². The summed E-state index contributed by atoms with van der Waals surface area (Å²) in [5, 5.41) is 10.9. The van der Waals surface area contributed by atoms with Gasteiger partial charge < -0.3 is 0 Å². The maximum atomic E-state index is 12.2. The third-order valence-electron chi connectivity index (χ3n) is 2.84. The van der Waals surface area contributed by atoms with Gasteiger partial charge >= 0.3 is 0 Å². The molecular formula is C13H13N3O4S. The van der Waals surface area contributed by atoms with Crippen LogP contribution < -0.4 is 4.72 Å². The van der Waals surface area contributed by atoms with E-state index in [9.17, 15) is 18.5 Å². The van der Waals surface area contributed by atoms with E-state index in [0.29, 0.717) is 5.56 Å². The molecule has 0 spiro atoms. The number of nitro benzene ring substituents is 1. The molecule has 110 valence electrons. The van der Waals surface area contributed by atoms with E-state index in [1.807, 2.05) is 0 Å². The Morgan fingerprint density at radius 3 is 2.52 bits per heavy atom. The fourth-order valence-corrected chi connectivity index (χ4v) is 2.76. The molecule has 0 fully saturated rings. The molecule has 0 aliphatic carbocycles. The second kappa shape index (κ2) is 5.49. The van der Waals surface area contributed by atoms with Gasteiger partial charge in [-0.15, -0.1) is 0 Å². The number of anilines is 1. The number of nitro groups is 1. The number of pyridine rings is 1. The maximum absolute atomic E-state index is 12.2.